The van der Waals surface area contributed by atoms with E-state index in [1.54, 1.807) is 0 Å². The Hall–Kier alpha value is -1.70. The van der Waals surface area contributed by atoms with Gasteiger partial charge in [-0.3, -0.25) is 9.97 Å². The van der Waals surface area contributed by atoms with Crippen LogP contribution in [0.25, 0.3) is 11.3 Å². The molecule has 0 unspecified atom stereocenters. The van der Waals surface area contributed by atoms with E-state index in [1.165, 1.54) is 16.7 Å². The first-order valence-corrected chi connectivity index (χ1v) is 6.54. The number of aryl methyl sites for hydroxylation is 1. The van der Waals surface area contributed by atoms with Crippen LogP contribution in [-0.4, -0.2) is 9.97 Å². The van der Waals surface area contributed by atoms with E-state index < -0.39 is 0 Å². The quantitative estimate of drug-likeness (QED) is 0.806. The molecule has 0 fully saturated rings. The highest BCUT2D eigenvalue weighted by molar-refractivity contribution is 5.64. The average Bonchev–Trinajstić information content (AvgIpc) is 2.38. The van der Waals surface area contributed by atoms with Crippen molar-refractivity contribution in [2.75, 3.05) is 0 Å². The number of aromatic nitrogens is 2. The van der Waals surface area contributed by atoms with Gasteiger partial charge in [-0.15, -0.1) is 0 Å². The van der Waals surface area contributed by atoms with Gasteiger partial charge in [-0.2, -0.15) is 0 Å². The fraction of sp³-hybridized carbons (Fsp3) is 0.375. The van der Waals surface area contributed by atoms with E-state index in [0.29, 0.717) is 5.92 Å². The second-order valence-electron chi connectivity index (χ2n) is 4.94. The van der Waals surface area contributed by atoms with E-state index in [9.17, 15) is 0 Å². The minimum absolute atomic E-state index is 0.426. The van der Waals surface area contributed by atoms with Crippen molar-refractivity contribution in [1.82, 2.24) is 9.97 Å². The molecule has 0 amide bonds. The molecule has 0 N–H and O–H groups in total. The van der Waals surface area contributed by atoms with Crippen LogP contribution < -0.4 is 0 Å². The first-order chi connectivity index (χ1) is 8.63. The largest absolute Gasteiger partial charge is 0.257 e. The second-order valence-corrected chi connectivity index (χ2v) is 4.94. The molecule has 0 atom stereocenters. The first kappa shape index (κ1) is 12.7. The maximum absolute atomic E-state index is 4.56. The molecule has 0 aliphatic heterocycles. The van der Waals surface area contributed by atoms with E-state index in [2.05, 4.69) is 55.9 Å². The van der Waals surface area contributed by atoms with Gasteiger partial charge in [0.15, 0.2) is 0 Å². The number of hydrogen-bond donors (Lipinski definition) is 0. The van der Waals surface area contributed by atoms with Gasteiger partial charge < -0.3 is 0 Å². The summed E-state index contributed by atoms with van der Waals surface area (Å²) in [5, 5.41) is 0. The fourth-order valence-corrected chi connectivity index (χ4v) is 2.19. The third-order valence-electron chi connectivity index (χ3n) is 3.30. The van der Waals surface area contributed by atoms with Crippen LogP contribution in [0.1, 0.15) is 43.5 Å². The van der Waals surface area contributed by atoms with Crippen LogP contribution in [0, 0.1) is 6.92 Å². The van der Waals surface area contributed by atoms with Crippen molar-refractivity contribution in [1.29, 1.82) is 0 Å². The molecule has 2 rings (SSSR count). The van der Waals surface area contributed by atoms with Crippen molar-refractivity contribution in [3.05, 3.63) is 47.4 Å². The molecule has 18 heavy (non-hydrogen) atoms. The Morgan fingerprint density at radius 3 is 2.44 bits per heavy atom. The van der Waals surface area contributed by atoms with Crippen LogP contribution in [0.3, 0.4) is 0 Å². The van der Waals surface area contributed by atoms with Gasteiger partial charge in [0.25, 0.3) is 0 Å². The first-order valence-electron chi connectivity index (χ1n) is 6.54. The minimum atomic E-state index is 0.426. The van der Waals surface area contributed by atoms with E-state index in [1.807, 2.05) is 12.4 Å². The zero-order valence-electron chi connectivity index (χ0n) is 11.6. The van der Waals surface area contributed by atoms with Crippen LogP contribution in [0.15, 0.2) is 30.6 Å². The van der Waals surface area contributed by atoms with Gasteiger partial charge in [-0.1, -0.05) is 39.0 Å². The molecular weight excluding hydrogens is 220 g/mol. The Morgan fingerprint density at radius 2 is 1.89 bits per heavy atom. The molecule has 2 heteroatoms. The second kappa shape index (κ2) is 5.30. The lowest BCUT2D eigenvalue weighted by atomic mass is 9.98. The summed E-state index contributed by atoms with van der Waals surface area (Å²) in [7, 11) is 0. The van der Waals surface area contributed by atoms with Gasteiger partial charge in [0.1, 0.15) is 0 Å². The topological polar surface area (TPSA) is 25.8 Å². The van der Waals surface area contributed by atoms with Crippen LogP contribution in [0.2, 0.25) is 0 Å². The molecule has 0 aliphatic rings. The van der Waals surface area contributed by atoms with Crippen molar-refractivity contribution in [3.63, 3.8) is 0 Å². The van der Waals surface area contributed by atoms with Gasteiger partial charge in [-0.05, 0) is 30.4 Å². The highest BCUT2D eigenvalue weighted by Crippen LogP contribution is 2.25. The smallest absolute Gasteiger partial charge is 0.0888 e. The Bertz CT molecular complexity index is 527. The molecular formula is C16H20N2. The maximum Gasteiger partial charge on any atom is 0.0888 e. The van der Waals surface area contributed by atoms with Crippen molar-refractivity contribution in [2.24, 2.45) is 0 Å². The molecule has 0 aliphatic carbocycles. The summed E-state index contributed by atoms with van der Waals surface area (Å²) in [6.07, 6.45) is 4.81. The maximum atomic E-state index is 4.56. The summed E-state index contributed by atoms with van der Waals surface area (Å²) in [4.78, 5) is 9.05. The van der Waals surface area contributed by atoms with Crippen LogP contribution in [0.4, 0.5) is 0 Å². The zero-order chi connectivity index (χ0) is 13.1. The highest BCUT2D eigenvalue weighted by Gasteiger charge is 2.08. The molecule has 0 saturated carbocycles. The van der Waals surface area contributed by atoms with E-state index in [-0.39, 0.29) is 0 Å². The lowest BCUT2D eigenvalue weighted by Crippen LogP contribution is -1.97. The lowest BCUT2D eigenvalue weighted by Gasteiger charge is -2.11. The van der Waals surface area contributed by atoms with Gasteiger partial charge >= 0.3 is 0 Å². The van der Waals surface area contributed by atoms with Gasteiger partial charge in [0.05, 0.1) is 17.6 Å². The van der Waals surface area contributed by atoms with Crippen molar-refractivity contribution >= 4 is 0 Å². The monoisotopic (exact) mass is 240 g/mol. The van der Waals surface area contributed by atoms with Crippen molar-refractivity contribution < 1.29 is 0 Å². The minimum Gasteiger partial charge on any atom is -0.257 e. The molecule has 0 bridgehead atoms. The molecule has 1 aromatic heterocycles. The molecule has 2 nitrogen and oxygen atoms in total. The predicted octanol–water partition coefficient (Wildman–Crippen LogP) is 4.14. The van der Waals surface area contributed by atoms with Crippen molar-refractivity contribution in [3.8, 4) is 11.3 Å². The van der Waals surface area contributed by atoms with E-state index >= 15 is 0 Å². The molecule has 0 saturated heterocycles. The molecule has 1 heterocycles. The fourth-order valence-electron chi connectivity index (χ4n) is 2.19. The number of rotatable bonds is 3. The predicted molar refractivity (Wildman–Crippen MR) is 75.7 cm³/mol. The normalized spacial score (nSPS) is 10.9. The summed E-state index contributed by atoms with van der Waals surface area (Å²) in [6, 6.07) is 6.37. The summed E-state index contributed by atoms with van der Waals surface area (Å²) in [5.74, 6) is 0.426. The molecule has 2 aromatic rings. The van der Waals surface area contributed by atoms with Crippen LogP contribution in [0.5, 0.6) is 0 Å². The standard InChI is InChI=1S/C16H20N2/c1-5-13-12(4)7-6-8-14(13)16-10-17-15(9-18-16)11(2)3/h6-11H,5H2,1-4H3. The Kier molecular flexibility index (Phi) is 3.75. The van der Waals surface area contributed by atoms with Crippen LogP contribution >= 0.6 is 0 Å². The number of hydrogen-bond acceptors (Lipinski definition) is 2. The molecule has 0 spiro atoms. The molecule has 94 valence electrons. The average molecular weight is 240 g/mol. The number of benzene rings is 1. The Morgan fingerprint density at radius 1 is 1.11 bits per heavy atom. The van der Waals surface area contributed by atoms with E-state index in [0.717, 1.165) is 17.8 Å². The SMILES string of the molecule is CCc1c(C)cccc1-c1cnc(C(C)C)cn1. The lowest BCUT2D eigenvalue weighted by molar-refractivity contribution is 0.812. The Balaban J connectivity index is 2.46. The van der Waals surface area contributed by atoms with E-state index in [4.69, 9.17) is 0 Å². The van der Waals surface area contributed by atoms with Crippen molar-refractivity contribution in [2.45, 2.75) is 40.0 Å². The summed E-state index contributed by atoms with van der Waals surface area (Å²) < 4.78 is 0. The third-order valence-corrected chi connectivity index (χ3v) is 3.30. The Labute approximate surface area is 109 Å². The molecule has 1 aromatic carbocycles. The highest BCUT2D eigenvalue weighted by atomic mass is 14.8. The van der Waals surface area contributed by atoms with Gasteiger partial charge in [-0.25, -0.2) is 0 Å². The third kappa shape index (κ3) is 2.42. The molecule has 0 radical (unpaired) electrons. The summed E-state index contributed by atoms with van der Waals surface area (Å²) >= 11 is 0. The summed E-state index contributed by atoms with van der Waals surface area (Å²) in [6.45, 7) is 8.60. The van der Waals surface area contributed by atoms with Gasteiger partial charge in [0.2, 0.25) is 0 Å². The van der Waals surface area contributed by atoms with Crippen LogP contribution in [-0.2, 0) is 6.42 Å². The zero-order valence-corrected chi connectivity index (χ0v) is 11.6. The van der Waals surface area contributed by atoms with Gasteiger partial charge in [0, 0.05) is 11.8 Å². The number of nitrogens with zero attached hydrogens (tertiary/aromatic N) is 2. The summed E-state index contributed by atoms with van der Waals surface area (Å²) in [5.41, 5.74) is 5.92.